The maximum Gasteiger partial charge on any atom is 0.261 e. The minimum absolute atomic E-state index is 0.0898. The van der Waals surface area contributed by atoms with Crippen molar-refractivity contribution in [2.45, 2.75) is 33.6 Å². The van der Waals surface area contributed by atoms with E-state index in [1.807, 2.05) is 44.2 Å². The van der Waals surface area contributed by atoms with E-state index in [1.54, 1.807) is 18.3 Å². The number of carbonyl (C=O) groups excluding carboxylic acids is 1. The number of benzene rings is 2. The second kappa shape index (κ2) is 7.20. The SMILES string of the molecule is Cc1ccc2nc(-c3ccc(NC(=O)c4c(C)noc4C(C)C)cc3)sc2c1. The molecule has 0 fully saturated rings. The largest absolute Gasteiger partial charge is 0.360 e. The van der Waals surface area contributed by atoms with E-state index in [0.717, 1.165) is 21.8 Å². The summed E-state index contributed by atoms with van der Waals surface area (Å²) in [4.78, 5) is 17.4. The zero-order chi connectivity index (χ0) is 19.8. The number of thiazole rings is 1. The molecule has 5 nitrogen and oxygen atoms in total. The summed E-state index contributed by atoms with van der Waals surface area (Å²) in [6.45, 7) is 7.82. The highest BCUT2D eigenvalue weighted by Gasteiger charge is 2.22. The quantitative estimate of drug-likeness (QED) is 0.467. The molecule has 0 spiro atoms. The van der Waals surface area contributed by atoms with Gasteiger partial charge in [-0.2, -0.15) is 0 Å². The molecule has 0 aliphatic rings. The molecule has 0 saturated heterocycles. The van der Waals surface area contributed by atoms with Crippen LogP contribution in [-0.2, 0) is 0 Å². The van der Waals surface area contributed by atoms with Gasteiger partial charge in [0.2, 0.25) is 0 Å². The molecule has 0 radical (unpaired) electrons. The lowest BCUT2D eigenvalue weighted by atomic mass is 10.0. The minimum atomic E-state index is -0.203. The van der Waals surface area contributed by atoms with Gasteiger partial charge in [-0.3, -0.25) is 4.79 Å². The number of carbonyl (C=O) groups is 1. The van der Waals surface area contributed by atoms with Gasteiger partial charge >= 0.3 is 0 Å². The average Bonchev–Trinajstić information content (AvgIpc) is 3.25. The second-order valence-corrected chi connectivity index (χ2v) is 8.21. The molecule has 6 heteroatoms. The molecule has 2 aromatic carbocycles. The fourth-order valence-electron chi connectivity index (χ4n) is 3.10. The Morgan fingerprint density at radius 1 is 1.11 bits per heavy atom. The first kappa shape index (κ1) is 18.4. The minimum Gasteiger partial charge on any atom is -0.360 e. The lowest BCUT2D eigenvalue weighted by molar-refractivity contribution is 0.102. The van der Waals surface area contributed by atoms with Crippen molar-refractivity contribution >= 4 is 33.1 Å². The third-order valence-electron chi connectivity index (χ3n) is 4.57. The van der Waals surface area contributed by atoms with Crippen LogP contribution in [0.2, 0.25) is 0 Å². The molecule has 0 saturated carbocycles. The number of aromatic nitrogens is 2. The molecule has 2 heterocycles. The molecular weight excluding hydrogens is 370 g/mol. The van der Waals surface area contributed by atoms with Gasteiger partial charge in [-0.25, -0.2) is 4.98 Å². The molecule has 0 atom stereocenters. The van der Waals surface area contributed by atoms with Crippen molar-refractivity contribution in [1.29, 1.82) is 0 Å². The van der Waals surface area contributed by atoms with Gasteiger partial charge in [0.25, 0.3) is 5.91 Å². The fourth-order valence-corrected chi connectivity index (χ4v) is 4.17. The van der Waals surface area contributed by atoms with Gasteiger partial charge in [-0.05, 0) is 55.8 Å². The first-order chi connectivity index (χ1) is 13.4. The van der Waals surface area contributed by atoms with Crippen LogP contribution in [0.1, 0.15) is 47.1 Å². The summed E-state index contributed by atoms with van der Waals surface area (Å²) < 4.78 is 6.49. The van der Waals surface area contributed by atoms with Crippen molar-refractivity contribution < 1.29 is 9.32 Å². The smallest absolute Gasteiger partial charge is 0.261 e. The number of hydrogen-bond acceptors (Lipinski definition) is 5. The lowest BCUT2D eigenvalue weighted by Gasteiger charge is -2.07. The highest BCUT2D eigenvalue weighted by molar-refractivity contribution is 7.21. The van der Waals surface area contributed by atoms with Crippen molar-refractivity contribution in [3.63, 3.8) is 0 Å². The van der Waals surface area contributed by atoms with E-state index in [-0.39, 0.29) is 11.8 Å². The van der Waals surface area contributed by atoms with Crippen LogP contribution in [0.5, 0.6) is 0 Å². The maximum atomic E-state index is 12.7. The Hall–Kier alpha value is -2.99. The summed E-state index contributed by atoms with van der Waals surface area (Å²) in [7, 11) is 0. The third-order valence-corrected chi connectivity index (χ3v) is 5.64. The Bertz CT molecular complexity index is 1160. The number of rotatable bonds is 4. The Balaban J connectivity index is 1.56. The number of aryl methyl sites for hydroxylation is 2. The van der Waals surface area contributed by atoms with Gasteiger partial charge in [0, 0.05) is 17.2 Å². The summed E-state index contributed by atoms with van der Waals surface area (Å²) in [5.41, 5.74) is 5.10. The molecule has 2 aromatic heterocycles. The standard InChI is InChI=1S/C22H21N3O2S/c1-12(2)20-19(14(4)25-27-20)21(26)23-16-8-6-15(7-9-16)22-24-17-10-5-13(3)11-18(17)28-22/h5-12H,1-4H3,(H,23,26). The van der Waals surface area contributed by atoms with Gasteiger partial charge in [-0.15, -0.1) is 11.3 Å². The Kier molecular flexibility index (Phi) is 4.73. The number of anilines is 1. The van der Waals surface area contributed by atoms with E-state index in [9.17, 15) is 4.79 Å². The average molecular weight is 391 g/mol. The molecule has 0 unspecified atom stereocenters. The first-order valence-corrected chi connectivity index (χ1v) is 9.99. The molecular formula is C22H21N3O2S. The number of fused-ring (bicyclic) bond motifs is 1. The summed E-state index contributed by atoms with van der Waals surface area (Å²) in [6, 6.07) is 14.0. The van der Waals surface area contributed by atoms with Gasteiger partial charge in [-0.1, -0.05) is 25.1 Å². The normalized spacial score (nSPS) is 11.3. The van der Waals surface area contributed by atoms with Gasteiger partial charge in [0.15, 0.2) is 5.76 Å². The van der Waals surface area contributed by atoms with E-state index in [1.165, 1.54) is 10.3 Å². The van der Waals surface area contributed by atoms with Crippen LogP contribution in [0, 0.1) is 13.8 Å². The van der Waals surface area contributed by atoms with Crippen molar-refractivity contribution in [2.75, 3.05) is 5.32 Å². The second-order valence-electron chi connectivity index (χ2n) is 7.18. The molecule has 0 aliphatic carbocycles. The molecule has 0 aliphatic heterocycles. The molecule has 1 N–H and O–H groups in total. The van der Waals surface area contributed by atoms with Crippen molar-refractivity contribution in [2.24, 2.45) is 0 Å². The summed E-state index contributed by atoms with van der Waals surface area (Å²) in [5.74, 6) is 0.494. The zero-order valence-electron chi connectivity index (χ0n) is 16.2. The molecule has 28 heavy (non-hydrogen) atoms. The van der Waals surface area contributed by atoms with Gasteiger partial charge in [0.05, 0.1) is 15.9 Å². The first-order valence-electron chi connectivity index (χ1n) is 9.17. The highest BCUT2D eigenvalue weighted by atomic mass is 32.1. The third kappa shape index (κ3) is 3.43. The predicted molar refractivity (Wildman–Crippen MR) is 113 cm³/mol. The molecule has 142 valence electrons. The van der Waals surface area contributed by atoms with E-state index in [4.69, 9.17) is 9.51 Å². The molecule has 1 amide bonds. The van der Waals surface area contributed by atoms with Gasteiger partial charge in [0.1, 0.15) is 10.6 Å². The van der Waals surface area contributed by atoms with E-state index in [2.05, 4.69) is 29.5 Å². The molecule has 4 aromatic rings. The van der Waals surface area contributed by atoms with Crippen LogP contribution in [-0.4, -0.2) is 16.0 Å². The van der Waals surface area contributed by atoms with Crippen LogP contribution in [0.25, 0.3) is 20.8 Å². The molecule has 4 rings (SSSR count). The van der Waals surface area contributed by atoms with Crippen LogP contribution in [0.3, 0.4) is 0 Å². The summed E-state index contributed by atoms with van der Waals surface area (Å²) in [6.07, 6.45) is 0. The van der Waals surface area contributed by atoms with Crippen LogP contribution >= 0.6 is 11.3 Å². The topological polar surface area (TPSA) is 68.0 Å². The van der Waals surface area contributed by atoms with E-state index >= 15 is 0 Å². The van der Waals surface area contributed by atoms with Gasteiger partial charge < -0.3 is 9.84 Å². The Morgan fingerprint density at radius 2 is 1.86 bits per heavy atom. The summed E-state index contributed by atoms with van der Waals surface area (Å²) in [5, 5.41) is 7.84. The number of hydrogen-bond donors (Lipinski definition) is 1. The predicted octanol–water partition coefficient (Wildman–Crippen LogP) is 5.94. The van der Waals surface area contributed by atoms with Crippen molar-refractivity contribution in [1.82, 2.24) is 10.1 Å². The maximum absolute atomic E-state index is 12.7. The van der Waals surface area contributed by atoms with E-state index in [0.29, 0.717) is 17.0 Å². The Labute approximate surface area is 167 Å². The van der Waals surface area contributed by atoms with Crippen molar-refractivity contribution in [3.05, 3.63) is 65.0 Å². The number of nitrogens with one attached hydrogen (secondary N) is 1. The zero-order valence-corrected chi connectivity index (χ0v) is 17.1. The van der Waals surface area contributed by atoms with Crippen LogP contribution in [0.15, 0.2) is 47.0 Å². The molecule has 0 bridgehead atoms. The lowest BCUT2D eigenvalue weighted by Crippen LogP contribution is -2.14. The number of amides is 1. The monoisotopic (exact) mass is 391 g/mol. The Morgan fingerprint density at radius 3 is 2.57 bits per heavy atom. The van der Waals surface area contributed by atoms with Crippen LogP contribution in [0.4, 0.5) is 5.69 Å². The van der Waals surface area contributed by atoms with E-state index < -0.39 is 0 Å². The summed E-state index contributed by atoms with van der Waals surface area (Å²) >= 11 is 1.67. The van der Waals surface area contributed by atoms with Crippen molar-refractivity contribution in [3.8, 4) is 10.6 Å². The number of nitrogens with zero attached hydrogens (tertiary/aromatic N) is 2. The fraction of sp³-hybridized carbons (Fsp3) is 0.227. The highest BCUT2D eigenvalue weighted by Crippen LogP contribution is 2.31. The van der Waals surface area contributed by atoms with Crippen LogP contribution < -0.4 is 5.32 Å².